The first-order valence-corrected chi connectivity index (χ1v) is 9.04. The Morgan fingerprint density at radius 1 is 0.963 bits per heavy atom. The molecule has 134 valence electrons. The third-order valence-electron chi connectivity index (χ3n) is 5.19. The molecule has 0 saturated heterocycles. The fraction of sp³-hybridized carbons (Fsp3) is 0.125. The van der Waals surface area contributed by atoms with E-state index >= 15 is 0 Å². The van der Waals surface area contributed by atoms with Crippen LogP contribution in [0.15, 0.2) is 79.0 Å². The van der Waals surface area contributed by atoms with Gasteiger partial charge in [0.1, 0.15) is 0 Å². The quantitative estimate of drug-likeness (QED) is 0.464. The molecule has 0 aliphatic rings. The highest BCUT2D eigenvalue weighted by atomic mass is 16.4. The summed E-state index contributed by atoms with van der Waals surface area (Å²) in [5, 5.41) is 12.6. The third kappa shape index (κ3) is 3.24. The fourth-order valence-electron chi connectivity index (χ4n) is 3.64. The third-order valence-corrected chi connectivity index (χ3v) is 5.19. The van der Waals surface area contributed by atoms with Crippen molar-refractivity contribution in [2.45, 2.75) is 19.9 Å². The summed E-state index contributed by atoms with van der Waals surface area (Å²) in [6, 6.07) is 23.4. The van der Waals surface area contributed by atoms with Crippen LogP contribution in [0.1, 0.15) is 31.0 Å². The van der Waals surface area contributed by atoms with Crippen LogP contribution in [-0.2, 0) is 4.79 Å². The van der Waals surface area contributed by atoms with E-state index in [0.29, 0.717) is 0 Å². The highest BCUT2D eigenvalue weighted by Gasteiger charge is 2.12. The number of aliphatic carboxylic acids is 1. The second kappa shape index (κ2) is 6.76. The van der Waals surface area contributed by atoms with Gasteiger partial charge in [0.15, 0.2) is 0 Å². The van der Waals surface area contributed by atoms with Crippen LogP contribution in [0, 0.1) is 0 Å². The van der Waals surface area contributed by atoms with Crippen LogP contribution in [0.2, 0.25) is 0 Å². The summed E-state index contributed by atoms with van der Waals surface area (Å²) in [6.45, 7) is 4.02. The zero-order valence-electron chi connectivity index (χ0n) is 15.4. The Labute approximate surface area is 158 Å². The second-order valence-corrected chi connectivity index (χ2v) is 6.94. The summed E-state index contributed by atoms with van der Waals surface area (Å²) in [5.74, 6) is -0.921. The highest BCUT2D eigenvalue weighted by Crippen LogP contribution is 2.29. The van der Waals surface area contributed by atoms with Gasteiger partial charge in [0, 0.05) is 23.2 Å². The van der Waals surface area contributed by atoms with E-state index in [4.69, 9.17) is 5.11 Å². The first-order chi connectivity index (χ1) is 13.0. The Balaban J connectivity index is 1.73. The zero-order valence-corrected chi connectivity index (χ0v) is 15.4. The second-order valence-electron chi connectivity index (χ2n) is 6.94. The van der Waals surface area contributed by atoms with E-state index < -0.39 is 5.97 Å². The SMILES string of the molecule is CC(=CC(=O)O)c1ccc2c(ccn2C(C)c2ccc3ccccc3c2)c1. The van der Waals surface area contributed by atoms with Crippen molar-refractivity contribution in [2.24, 2.45) is 0 Å². The van der Waals surface area contributed by atoms with Gasteiger partial charge < -0.3 is 9.67 Å². The molecule has 1 atom stereocenters. The Morgan fingerprint density at radius 3 is 2.52 bits per heavy atom. The number of benzene rings is 3. The molecule has 4 rings (SSSR count). The van der Waals surface area contributed by atoms with E-state index in [0.717, 1.165) is 22.0 Å². The fourth-order valence-corrected chi connectivity index (χ4v) is 3.64. The minimum atomic E-state index is -0.921. The van der Waals surface area contributed by atoms with Crippen LogP contribution in [0.5, 0.6) is 0 Å². The maximum atomic E-state index is 10.9. The number of carboxylic acids is 1. The molecular formula is C24H21NO2. The minimum Gasteiger partial charge on any atom is -0.478 e. The molecule has 0 aliphatic carbocycles. The van der Waals surface area contributed by atoms with Gasteiger partial charge in [-0.05, 0) is 65.6 Å². The number of carboxylic acid groups (broad SMARTS) is 1. The van der Waals surface area contributed by atoms with E-state index in [2.05, 4.69) is 72.3 Å². The molecule has 27 heavy (non-hydrogen) atoms. The number of carbonyl (C=O) groups is 1. The summed E-state index contributed by atoms with van der Waals surface area (Å²) in [4.78, 5) is 10.9. The van der Waals surface area contributed by atoms with Gasteiger partial charge in [0.2, 0.25) is 0 Å². The Morgan fingerprint density at radius 2 is 1.74 bits per heavy atom. The van der Waals surface area contributed by atoms with Crippen molar-refractivity contribution in [1.29, 1.82) is 0 Å². The number of fused-ring (bicyclic) bond motifs is 2. The summed E-state index contributed by atoms with van der Waals surface area (Å²) in [5.41, 5.74) is 4.08. The summed E-state index contributed by atoms with van der Waals surface area (Å²) >= 11 is 0. The average Bonchev–Trinajstić information content (AvgIpc) is 3.09. The van der Waals surface area contributed by atoms with Crippen LogP contribution in [-0.4, -0.2) is 15.6 Å². The molecule has 3 nitrogen and oxygen atoms in total. The van der Waals surface area contributed by atoms with Crippen molar-refractivity contribution in [3.05, 3.63) is 90.1 Å². The summed E-state index contributed by atoms with van der Waals surface area (Å²) in [7, 11) is 0. The van der Waals surface area contributed by atoms with Gasteiger partial charge in [-0.2, -0.15) is 0 Å². The molecule has 0 spiro atoms. The van der Waals surface area contributed by atoms with Gasteiger partial charge >= 0.3 is 5.97 Å². The number of rotatable bonds is 4. The maximum Gasteiger partial charge on any atom is 0.328 e. The largest absolute Gasteiger partial charge is 0.478 e. The minimum absolute atomic E-state index is 0.202. The molecule has 1 heterocycles. The van der Waals surface area contributed by atoms with Gasteiger partial charge in [-0.25, -0.2) is 4.79 Å². The molecule has 0 radical (unpaired) electrons. The van der Waals surface area contributed by atoms with Crippen molar-refractivity contribution < 1.29 is 9.90 Å². The van der Waals surface area contributed by atoms with Gasteiger partial charge in [0.05, 0.1) is 6.04 Å². The van der Waals surface area contributed by atoms with E-state index in [-0.39, 0.29) is 6.04 Å². The first kappa shape index (κ1) is 17.1. The number of hydrogen-bond donors (Lipinski definition) is 1. The van der Waals surface area contributed by atoms with Gasteiger partial charge in [0.25, 0.3) is 0 Å². The molecule has 4 aromatic rings. The van der Waals surface area contributed by atoms with Crippen LogP contribution < -0.4 is 0 Å². The predicted molar refractivity (Wildman–Crippen MR) is 111 cm³/mol. The van der Waals surface area contributed by atoms with Crippen LogP contribution in [0.3, 0.4) is 0 Å². The number of hydrogen-bond acceptors (Lipinski definition) is 1. The molecule has 1 aromatic heterocycles. The lowest BCUT2D eigenvalue weighted by atomic mass is 10.0. The molecule has 1 N–H and O–H groups in total. The zero-order chi connectivity index (χ0) is 19.0. The lowest BCUT2D eigenvalue weighted by molar-refractivity contribution is -0.131. The molecule has 0 saturated carbocycles. The molecule has 0 aliphatic heterocycles. The Hall–Kier alpha value is -3.33. The van der Waals surface area contributed by atoms with Crippen molar-refractivity contribution in [3.63, 3.8) is 0 Å². The summed E-state index contributed by atoms with van der Waals surface area (Å²) in [6.07, 6.45) is 3.35. The molecule has 3 aromatic carbocycles. The Kier molecular flexibility index (Phi) is 4.28. The van der Waals surface area contributed by atoms with E-state index in [1.165, 1.54) is 22.4 Å². The van der Waals surface area contributed by atoms with Gasteiger partial charge in [-0.1, -0.05) is 42.5 Å². The van der Waals surface area contributed by atoms with Crippen LogP contribution >= 0.6 is 0 Å². The average molecular weight is 355 g/mol. The molecule has 0 fully saturated rings. The van der Waals surface area contributed by atoms with E-state index in [1.54, 1.807) is 0 Å². The topological polar surface area (TPSA) is 42.2 Å². The van der Waals surface area contributed by atoms with E-state index in [9.17, 15) is 4.79 Å². The molecular weight excluding hydrogens is 334 g/mol. The number of nitrogens with zero attached hydrogens (tertiary/aromatic N) is 1. The lowest BCUT2D eigenvalue weighted by Gasteiger charge is -2.17. The predicted octanol–water partition coefficient (Wildman–Crippen LogP) is 5.89. The van der Waals surface area contributed by atoms with Crippen molar-refractivity contribution >= 4 is 33.2 Å². The number of aromatic nitrogens is 1. The van der Waals surface area contributed by atoms with E-state index in [1.807, 2.05) is 19.1 Å². The lowest BCUT2D eigenvalue weighted by Crippen LogP contribution is -2.05. The Bertz CT molecular complexity index is 1180. The number of allylic oxidation sites excluding steroid dienone is 1. The maximum absolute atomic E-state index is 10.9. The molecule has 1 unspecified atom stereocenters. The van der Waals surface area contributed by atoms with Crippen LogP contribution in [0.4, 0.5) is 0 Å². The summed E-state index contributed by atoms with van der Waals surface area (Å²) < 4.78 is 2.26. The molecule has 3 heteroatoms. The van der Waals surface area contributed by atoms with Crippen molar-refractivity contribution in [3.8, 4) is 0 Å². The van der Waals surface area contributed by atoms with Gasteiger partial charge in [-0.3, -0.25) is 0 Å². The molecule has 0 amide bonds. The van der Waals surface area contributed by atoms with Crippen molar-refractivity contribution in [1.82, 2.24) is 4.57 Å². The highest BCUT2D eigenvalue weighted by molar-refractivity contribution is 5.92. The van der Waals surface area contributed by atoms with Crippen molar-refractivity contribution in [2.75, 3.05) is 0 Å². The van der Waals surface area contributed by atoms with Crippen LogP contribution in [0.25, 0.3) is 27.2 Å². The molecule has 0 bridgehead atoms. The smallest absolute Gasteiger partial charge is 0.328 e. The standard InChI is InChI=1S/C24H21NO2/c1-16(13-24(26)27)19-9-10-23-22(14-19)11-12-25(23)17(2)20-8-7-18-5-3-4-6-21(18)15-20/h3-15,17H,1-2H3,(H,26,27). The first-order valence-electron chi connectivity index (χ1n) is 9.04. The monoisotopic (exact) mass is 355 g/mol. The van der Waals surface area contributed by atoms with Gasteiger partial charge in [-0.15, -0.1) is 0 Å². The normalized spacial score (nSPS) is 13.2.